The molecule has 0 unspecified atom stereocenters. The van der Waals surface area contributed by atoms with Crippen LogP contribution in [-0.4, -0.2) is 27.8 Å². The number of hydrogen-bond donors (Lipinski definition) is 2. The van der Waals surface area contributed by atoms with Gasteiger partial charge in [0.05, 0.1) is 11.2 Å². The van der Waals surface area contributed by atoms with Crippen molar-refractivity contribution in [2.75, 3.05) is 4.90 Å². The summed E-state index contributed by atoms with van der Waals surface area (Å²) in [5.41, 5.74) is -1.81. The number of aliphatic hydroxyl groups is 1. The van der Waals surface area contributed by atoms with Gasteiger partial charge in [-0.15, -0.1) is 0 Å². The van der Waals surface area contributed by atoms with E-state index in [1.54, 1.807) is 12.1 Å². The minimum Gasteiger partial charge on any atom is -0.385 e. The van der Waals surface area contributed by atoms with E-state index in [1.807, 2.05) is 25.2 Å². The normalized spacial score (nSPS) is 27.1. The van der Waals surface area contributed by atoms with E-state index in [0.29, 0.717) is 24.6 Å². The van der Waals surface area contributed by atoms with Gasteiger partial charge in [0.25, 0.3) is 0 Å². The van der Waals surface area contributed by atoms with Crippen LogP contribution in [0.3, 0.4) is 0 Å². The van der Waals surface area contributed by atoms with Gasteiger partial charge < -0.3 is 15.0 Å². The Bertz CT molecular complexity index is 1040. The number of allylic oxidation sites excluding steroid dienone is 2. The summed E-state index contributed by atoms with van der Waals surface area (Å²) in [7, 11) is 0. The number of rotatable bonds is 3. The molecule has 4 rings (SSSR count). The number of pyridine rings is 1. The molecule has 3 atom stereocenters. The second kappa shape index (κ2) is 7.06. The number of hydrogen-bond acceptors (Lipinski definition) is 3. The van der Waals surface area contributed by atoms with Crippen molar-refractivity contribution in [1.29, 1.82) is 0 Å². The van der Waals surface area contributed by atoms with Gasteiger partial charge in [-0.05, 0) is 44.4 Å². The lowest BCUT2D eigenvalue weighted by Crippen LogP contribution is -2.41. The summed E-state index contributed by atoms with van der Waals surface area (Å²) in [5.74, 6) is 0. The molecule has 1 aromatic carbocycles. The summed E-state index contributed by atoms with van der Waals surface area (Å²) in [6.45, 7) is 2.04. The maximum absolute atomic E-state index is 13.5. The predicted octanol–water partition coefficient (Wildman–Crippen LogP) is 4.54. The minimum absolute atomic E-state index is 0.0145. The number of nitrogens with zero attached hydrogens (tertiary/aromatic N) is 1. The summed E-state index contributed by atoms with van der Waals surface area (Å²) in [6.07, 6.45) is 5.61. The van der Waals surface area contributed by atoms with Crippen LogP contribution in [0.2, 0.25) is 0 Å². The van der Waals surface area contributed by atoms with Gasteiger partial charge in [-0.2, -0.15) is 13.2 Å². The Balaban J connectivity index is 1.74. The van der Waals surface area contributed by atoms with E-state index in [4.69, 9.17) is 0 Å². The van der Waals surface area contributed by atoms with Crippen LogP contribution in [0.15, 0.2) is 53.4 Å². The van der Waals surface area contributed by atoms with E-state index >= 15 is 0 Å². The number of halogens is 3. The molecule has 0 saturated carbocycles. The number of aromatic nitrogens is 1. The number of anilines is 1. The molecule has 0 spiro atoms. The molecule has 0 bridgehead atoms. The average Bonchev–Trinajstić information content (AvgIpc) is 3.00. The number of benzene rings is 1. The predicted molar refractivity (Wildman–Crippen MR) is 107 cm³/mol. The van der Waals surface area contributed by atoms with Crippen LogP contribution in [0.5, 0.6) is 0 Å². The van der Waals surface area contributed by atoms with Crippen molar-refractivity contribution in [1.82, 2.24) is 4.98 Å². The van der Waals surface area contributed by atoms with Gasteiger partial charge in [0, 0.05) is 41.2 Å². The summed E-state index contributed by atoms with van der Waals surface area (Å²) in [4.78, 5) is 16.2. The fourth-order valence-corrected chi connectivity index (χ4v) is 4.59. The molecule has 154 valence electrons. The lowest BCUT2D eigenvalue weighted by molar-refractivity contribution is -0.136. The third-order valence-electron chi connectivity index (χ3n) is 5.93. The number of nitrogens with one attached hydrogen (secondary N) is 1. The average molecular weight is 404 g/mol. The fraction of sp³-hybridized carbons (Fsp3) is 0.409. The molecule has 1 aromatic heterocycles. The van der Waals surface area contributed by atoms with Gasteiger partial charge >= 0.3 is 6.18 Å². The Morgan fingerprint density at radius 1 is 1.24 bits per heavy atom. The Hall–Kier alpha value is -2.54. The molecule has 2 aromatic rings. The van der Waals surface area contributed by atoms with Crippen molar-refractivity contribution in [2.24, 2.45) is 0 Å². The highest BCUT2D eigenvalue weighted by molar-refractivity contribution is 5.86. The molecular formula is C22H23F3N2O2. The molecule has 1 aliphatic carbocycles. The highest BCUT2D eigenvalue weighted by atomic mass is 19.4. The Morgan fingerprint density at radius 2 is 2.03 bits per heavy atom. The number of alkyl halides is 3. The number of H-pyrrole nitrogens is 1. The van der Waals surface area contributed by atoms with E-state index in [1.165, 1.54) is 12.1 Å². The molecule has 1 saturated heterocycles. The third kappa shape index (κ3) is 3.83. The quantitative estimate of drug-likeness (QED) is 0.790. The van der Waals surface area contributed by atoms with E-state index in [-0.39, 0.29) is 23.0 Å². The van der Waals surface area contributed by atoms with E-state index in [9.17, 15) is 23.1 Å². The largest absolute Gasteiger partial charge is 0.417 e. The highest BCUT2D eigenvalue weighted by Gasteiger charge is 2.38. The van der Waals surface area contributed by atoms with Crippen LogP contribution in [0, 0.1) is 0 Å². The SMILES string of the molecule is C[C@@H]1CC[C@H](C[C@]2(O)C=CC=CC2)N1c1ccc2[nH]c(=O)cc(C(F)(F)F)c2c1. The molecule has 0 amide bonds. The molecular weight excluding hydrogens is 381 g/mol. The van der Waals surface area contributed by atoms with Crippen molar-refractivity contribution in [3.8, 4) is 0 Å². The summed E-state index contributed by atoms with van der Waals surface area (Å²) in [5, 5.41) is 10.9. The summed E-state index contributed by atoms with van der Waals surface area (Å²) < 4.78 is 40.5. The first-order chi connectivity index (χ1) is 13.7. The molecule has 7 heteroatoms. The maximum Gasteiger partial charge on any atom is 0.417 e. The van der Waals surface area contributed by atoms with Gasteiger partial charge in [0.2, 0.25) is 5.56 Å². The van der Waals surface area contributed by atoms with Crippen molar-refractivity contribution in [3.63, 3.8) is 0 Å². The van der Waals surface area contributed by atoms with Crippen molar-refractivity contribution in [3.05, 3.63) is 64.5 Å². The Labute approximate surface area is 166 Å². The molecule has 0 radical (unpaired) electrons. The topological polar surface area (TPSA) is 56.3 Å². The lowest BCUT2D eigenvalue weighted by atomic mass is 9.87. The fourth-order valence-electron chi connectivity index (χ4n) is 4.59. The van der Waals surface area contributed by atoms with Crippen LogP contribution in [0.25, 0.3) is 10.9 Å². The van der Waals surface area contributed by atoms with Crippen molar-refractivity contribution >= 4 is 16.6 Å². The van der Waals surface area contributed by atoms with E-state index in [0.717, 1.165) is 12.8 Å². The molecule has 29 heavy (non-hydrogen) atoms. The van der Waals surface area contributed by atoms with Crippen LogP contribution in [-0.2, 0) is 6.18 Å². The molecule has 2 N–H and O–H groups in total. The zero-order chi connectivity index (χ0) is 20.8. The number of aromatic amines is 1. The highest BCUT2D eigenvalue weighted by Crippen LogP contribution is 2.39. The first kappa shape index (κ1) is 19.8. The van der Waals surface area contributed by atoms with E-state index in [2.05, 4.69) is 9.88 Å². The molecule has 4 nitrogen and oxygen atoms in total. The Kier molecular flexibility index (Phi) is 4.81. The zero-order valence-corrected chi connectivity index (χ0v) is 16.0. The standard InChI is InChI=1S/C22H23F3N2O2/c1-14-5-6-16(13-21(29)9-3-2-4-10-21)27(14)15-7-8-19-17(11-15)18(22(23,24)25)12-20(28)26-19/h2-4,7-9,11-12,14,16,29H,5-6,10,13H2,1H3,(H,26,28)/t14-,16-,21+/m1/s1. The first-order valence-corrected chi connectivity index (χ1v) is 9.76. The second-order valence-corrected chi connectivity index (χ2v) is 8.06. The van der Waals surface area contributed by atoms with Gasteiger partial charge in [0.15, 0.2) is 0 Å². The monoisotopic (exact) mass is 404 g/mol. The van der Waals surface area contributed by atoms with Crippen LogP contribution < -0.4 is 10.5 Å². The van der Waals surface area contributed by atoms with E-state index < -0.39 is 22.9 Å². The molecule has 1 fully saturated rings. The molecule has 1 aliphatic heterocycles. The van der Waals surface area contributed by atoms with Gasteiger partial charge in [0.1, 0.15) is 0 Å². The second-order valence-electron chi connectivity index (χ2n) is 8.06. The van der Waals surface area contributed by atoms with Gasteiger partial charge in [-0.3, -0.25) is 4.79 Å². The molecule has 2 heterocycles. The van der Waals surface area contributed by atoms with Crippen molar-refractivity contribution < 1.29 is 18.3 Å². The van der Waals surface area contributed by atoms with Gasteiger partial charge in [-0.1, -0.05) is 24.3 Å². The zero-order valence-electron chi connectivity index (χ0n) is 16.0. The maximum atomic E-state index is 13.5. The van der Waals surface area contributed by atoms with Gasteiger partial charge in [-0.25, -0.2) is 0 Å². The lowest BCUT2D eigenvalue weighted by Gasteiger charge is -2.36. The third-order valence-corrected chi connectivity index (χ3v) is 5.93. The smallest absolute Gasteiger partial charge is 0.385 e. The minimum atomic E-state index is -4.62. The molecule has 2 aliphatic rings. The van der Waals surface area contributed by atoms with Crippen LogP contribution in [0.4, 0.5) is 18.9 Å². The van der Waals surface area contributed by atoms with Crippen LogP contribution >= 0.6 is 0 Å². The Morgan fingerprint density at radius 3 is 2.72 bits per heavy atom. The summed E-state index contributed by atoms with van der Waals surface area (Å²) in [6, 6.07) is 5.54. The summed E-state index contributed by atoms with van der Waals surface area (Å²) >= 11 is 0. The number of fused-ring (bicyclic) bond motifs is 1. The van der Waals surface area contributed by atoms with Crippen molar-refractivity contribution in [2.45, 2.75) is 56.5 Å². The van der Waals surface area contributed by atoms with Crippen LogP contribution in [0.1, 0.15) is 38.2 Å². The first-order valence-electron chi connectivity index (χ1n) is 9.76.